The smallest absolute Gasteiger partial charge is 0.337 e. The van der Waals surface area contributed by atoms with Crippen molar-refractivity contribution in [3.8, 4) is 0 Å². The van der Waals surface area contributed by atoms with Gasteiger partial charge in [0.15, 0.2) is 0 Å². The van der Waals surface area contributed by atoms with E-state index < -0.39 is 11.6 Å². The average molecular weight is 308 g/mol. The zero-order valence-corrected chi connectivity index (χ0v) is 12.8. The quantitative estimate of drug-likeness (QED) is 0.726. The highest BCUT2D eigenvalue weighted by Gasteiger charge is 2.13. The summed E-state index contributed by atoms with van der Waals surface area (Å²) < 4.78 is 0. The van der Waals surface area contributed by atoms with Gasteiger partial charge in [-0.2, -0.15) is 0 Å². The second-order valence-electron chi connectivity index (χ2n) is 5.90. The molecule has 23 heavy (non-hydrogen) atoms. The molecule has 0 radical (unpaired) electrons. The first kappa shape index (κ1) is 15.1. The van der Waals surface area contributed by atoms with Gasteiger partial charge >= 0.3 is 5.97 Å². The van der Waals surface area contributed by atoms with E-state index in [0.717, 1.165) is 5.56 Å². The van der Waals surface area contributed by atoms with Gasteiger partial charge in [0.1, 0.15) is 5.52 Å². The lowest BCUT2D eigenvalue weighted by Crippen LogP contribution is -2.13. The predicted molar refractivity (Wildman–Crippen MR) is 89.3 cm³/mol. The summed E-state index contributed by atoms with van der Waals surface area (Å²) in [5.74, 6) is -1.03. The normalized spacial score (nSPS) is 12.3. The molecule has 0 aliphatic rings. The SMILES string of the molecule is CC(C)(O)C=Cc1cccc2nc3c(C(=O)O)cccc3nc12. The molecule has 1 aromatic heterocycles. The van der Waals surface area contributed by atoms with Gasteiger partial charge < -0.3 is 10.2 Å². The van der Waals surface area contributed by atoms with Gasteiger partial charge in [-0.3, -0.25) is 0 Å². The van der Waals surface area contributed by atoms with Crippen LogP contribution in [-0.2, 0) is 0 Å². The van der Waals surface area contributed by atoms with Crippen LogP contribution in [0.4, 0.5) is 0 Å². The Kier molecular flexibility index (Phi) is 3.58. The molecular formula is C18H16N2O3. The zero-order valence-electron chi connectivity index (χ0n) is 12.8. The molecule has 0 amide bonds. The zero-order chi connectivity index (χ0) is 16.6. The molecule has 3 rings (SSSR count). The molecule has 2 N–H and O–H groups in total. The molecule has 0 aliphatic carbocycles. The van der Waals surface area contributed by atoms with Gasteiger partial charge in [-0.1, -0.05) is 30.4 Å². The van der Waals surface area contributed by atoms with Crippen molar-refractivity contribution >= 4 is 34.1 Å². The van der Waals surface area contributed by atoms with Crippen molar-refractivity contribution in [1.29, 1.82) is 0 Å². The van der Waals surface area contributed by atoms with Crippen LogP contribution >= 0.6 is 0 Å². The first-order chi connectivity index (χ1) is 10.8. The van der Waals surface area contributed by atoms with Gasteiger partial charge in [0.2, 0.25) is 0 Å². The number of rotatable bonds is 3. The maximum atomic E-state index is 11.3. The molecule has 1 heterocycles. The largest absolute Gasteiger partial charge is 0.478 e. The number of hydrogen-bond donors (Lipinski definition) is 2. The molecular weight excluding hydrogens is 292 g/mol. The molecule has 0 spiro atoms. The summed E-state index contributed by atoms with van der Waals surface area (Å²) in [6, 6.07) is 10.4. The summed E-state index contributed by atoms with van der Waals surface area (Å²) in [6.07, 6.45) is 3.48. The molecule has 0 fully saturated rings. The lowest BCUT2D eigenvalue weighted by molar-refractivity contribution is 0.0698. The van der Waals surface area contributed by atoms with Crippen LogP contribution in [0.1, 0.15) is 29.8 Å². The Morgan fingerprint density at radius 3 is 2.30 bits per heavy atom. The maximum absolute atomic E-state index is 11.3. The van der Waals surface area contributed by atoms with Crippen molar-refractivity contribution in [1.82, 2.24) is 9.97 Å². The van der Waals surface area contributed by atoms with Gasteiger partial charge in [0.25, 0.3) is 0 Å². The van der Waals surface area contributed by atoms with E-state index in [2.05, 4.69) is 9.97 Å². The highest BCUT2D eigenvalue weighted by atomic mass is 16.4. The second-order valence-corrected chi connectivity index (χ2v) is 5.90. The van der Waals surface area contributed by atoms with E-state index in [-0.39, 0.29) is 5.56 Å². The van der Waals surface area contributed by atoms with E-state index in [1.165, 1.54) is 6.07 Å². The number of para-hydroxylation sites is 2. The van der Waals surface area contributed by atoms with Gasteiger partial charge in [-0.15, -0.1) is 0 Å². The summed E-state index contributed by atoms with van der Waals surface area (Å²) in [5.41, 5.74) is 2.21. The number of nitrogens with zero attached hydrogens (tertiary/aromatic N) is 2. The molecule has 116 valence electrons. The first-order valence-corrected chi connectivity index (χ1v) is 7.19. The van der Waals surface area contributed by atoms with Crippen LogP contribution in [0.3, 0.4) is 0 Å². The lowest BCUT2D eigenvalue weighted by atomic mass is 10.1. The third-order valence-corrected chi connectivity index (χ3v) is 3.43. The Hall–Kier alpha value is -2.79. The lowest BCUT2D eigenvalue weighted by Gasteiger charge is -2.11. The maximum Gasteiger partial charge on any atom is 0.337 e. The van der Waals surface area contributed by atoms with E-state index in [1.54, 1.807) is 44.2 Å². The second kappa shape index (κ2) is 5.44. The minimum atomic E-state index is -1.03. The summed E-state index contributed by atoms with van der Waals surface area (Å²) >= 11 is 0. The molecule has 0 saturated carbocycles. The van der Waals surface area contributed by atoms with Gasteiger partial charge in [0.05, 0.1) is 27.7 Å². The minimum absolute atomic E-state index is 0.134. The van der Waals surface area contributed by atoms with E-state index in [0.29, 0.717) is 22.1 Å². The molecule has 0 unspecified atom stereocenters. The standard InChI is InChI=1S/C18H16N2O3/c1-18(2,23)10-9-11-5-3-7-13-15(11)19-14-8-4-6-12(17(21)22)16(14)20-13/h3-10,23H,1-2H3,(H,21,22). The number of carboxylic acids is 1. The van der Waals surface area contributed by atoms with Crippen molar-refractivity contribution in [2.45, 2.75) is 19.4 Å². The third-order valence-electron chi connectivity index (χ3n) is 3.43. The Balaban J connectivity index is 2.27. The fraction of sp³-hybridized carbons (Fsp3) is 0.167. The van der Waals surface area contributed by atoms with Crippen LogP contribution in [0.2, 0.25) is 0 Å². The Morgan fingerprint density at radius 2 is 1.65 bits per heavy atom. The molecule has 2 aromatic carbocycles. The number of carboxylic acid groups (broad SMARTS) is 1. The van der Waals surface area contributed by atoms with Gasteiger partial charge in [-0.05, 0) is 32.0 Å². The molecule has 0 atom stereocenters. The minimum Gasteiger partial charge on any atom is -0.478 e. The molecule has 0 aliphatic heterocycles. The molecule has 5 nitrogen and oxygen atoms in total. The predicted octanol–water partition coefficient (Wildman–Crippen LogP) is 3.27. The van der Waals surface area contributed by atoms with E-state index in [9.17, 15) is 15.0 Å². The molecule has 3 aromatic rings. The van der Waals surface area contributed by atoms with Crippen LogP contribution < -0.4 is 0 Å². The van der Waals surface area contributed by atoms with Crippen LogP contribution in [0, 0.1) is 0 Å². The van der Waals surface area contributed by atoms with Crippen molar-refractivity contribution in [2.24, 2.45) is 0 Å². The Bertz CT molecular complexity index is 940. The fourth-order valence-corrected chi connectivity index (χ4v) is 2.34. The van der Waals surface area contributed by atoms with E-state index in [1.807, 2.05) is 12.1 Å². The Labute approximate surface area is 132 Å². The summed E-state index contributed by atoms with van der Waals surface area (Å²) in [5, 5.41) is 19.1. The van der Waals surface area contributed by atoms with Crippen molar-refractivity contribution in [3.63, 3.8) is 0 Å². The highest BCUT2D eigenvalue weighted by molar-refractivity contribution is 6.03. The Morgan fingerprint density at radius 1 is 1.04 bits per heavy atom. The topological polar surface area (TPSA) is 83.3 Å². The molecule has 0 bridgehead atoms. The average Bonchev–Trinajstić information content (AvgIpc) is 2.49. The van der Waals surface area contributed by atoms with E-state index in [4.69, 9.17) is 0 Å². The summed E-state index contributed by atoms with van der Waals surface area (Å²) in [6.45, 7) is 3.38. The number of carbonyl (C=O) groups is 1. The first-order valence-electron chi connectivity index (χ1n) is 7.19. The van der Waals surface area contributed by atoms with Gasteiger partial charge in [0, 0.05) is 5.56 Å². The van der Waals surface area contributed by atoms with Crippen LogP contribution in [-0.4, -0.2) is 31.8 Å². The van der Waals surface area contributed by atoms with Gasteiger partial charge in [-0.25, -0.2) is 14.8 Å². The highest BCUT2D eigenvalue weighted by Crippen LogP contribution is 2.23. The van der Waals surface area contributed by atoms with Crippen LogP contribution in [0.25, 0.3) is 28.1 Å². The van der Waals surface area contributed by atoms with Crippen LogP contribution in [0.15, 0.2) is 42.5 Å². The monoisotopic (exact) mass is 308 g/mol. The van der Waals surface area contributed by atoms with Crippen molar-refractivity contribution < 1.29 is 15.0 Å². The number of hydrogen-bond acceptors (Lipinski definition) is 4. The van der Waals surface area contributed by atoms with E-state index >= 15 is 0 Å². The fourth-order valence-electron chi connectivity index (χ4n) is 2.34. The number of aliphatic hydroxyl groups is 1. The number of benzene rings is 2. The summed E-state index contributed by atoms with van der Waals surface area (Å²) in [7, 11) is 0. The number of aromatic carboxylic acids is 1. The number of aromatic nitrogens is 2. The molecule has 0 saturated heterocycles. The third kappa shape index (κ3) is 3.05. The van der Waals surface area contributed by atoms with Crippen LogP contribution in [0.5, 0.6) is 0 Å². The molecule has 5 heteroatoms. The number of fused-ring (bicyclic) bond motifs is 2. The van der Waals surface area contributed by atoms with Crippen molar-refractivity contribution in [2.75, 3.05) is 0 Å². The van der Waals surface area contributed by atoms with Crippen molar-refractivity contribution in [3.05, 3.63) is 53.6 Å². The summed E-state index contributed by atoms with van der Waals surface area (Å²) in [4.78, 5) is 20.4.